The molecule has 14 heavy (non-hydrogen) atoms. The van der Waals surface area contributed by atoms with Crippen molar-refractivity contribution in [2.24, 2.45) is 5.73 Å². The molecule has 0 aromatic carbocycles. The van der Waals surface area contributed by atoms with Crippen LogP contribution in [0.2, 0.25) is 0 Å². The van der Waals surface area contributed by atoms with E-state index >= 15 is 0 Å². The highest BCUT2D eigenvalue weighted by Gasteiger charge is 2.35. The molecule has 2 nitrogen and oxygen atoms in total. The molecule has 2 fully saturated rings. The highest BCUT2D eigenvalue weighted by atomic mass is 16.5. The topological polar surface area (TPSA) is 35.2 Å². The Morgan fingerprint density at radius 3 is 2.21 bits per heavy atom. The number of hydrogen-bond donors (Lipinski definition) is 1. The third-order valence-electron chi connectivity index (χ3n) is 3.86. The van der Waals surface area contributed by atoms with Gasteiger partial charge in [0.25, 0.3) is 0 Å². The van der Waals surface area contributed by atoms with E-state index in [1.54, 1.807) is 0 Å². The molecule has 2 aliphatic rings. The summed E-state index contributed by atoms with van der Waals surface area (Å²) in [5.74, 6) is 0. The summed E-state index contributed by atoms with van der Waals surface area (Å²) in [4.78, 5) is 0. The van der Waals surface area contributed by atoms with Gasteiger partial charge in [-0.25, -0.2) is 0 Å². The Morgan fingerprint density at radius 2 is 1.64 bits per heavy atom. The summed E-state index contributed by atoms with van der Waals surface area (Å²) in [6, 6.07) is 0. The van der Waals surface area contributed by atoms with Crippen molar-refractivity contribution in [1.29, 1.82) is 0 Å². The van der Waals surface area contributed by atoms with Crippen LogP contribution < -0.4 is 5.73 Å². The van der Waals surface area contributed by atoms with Crippen LogP contribution in [0, 0.1) is 0 Å². The minimum absolute atomic E-state index is 0.0714. The molecule has 0 aliphatic heterocycles. The number of rotatable bonds is 3. The van der Waals surface area contributed by atoms with Crippen molar-refractivity contribution in [2.75, 3.05) is 6.54 Å². The van der Waals surface area contributed by atoms with E-state index in [4.69, 9.17) is 10.5 Å². The Bertz CT molecular complexity index is 169. The normalized spacial score (nSPS) is 28.1. The van der Waals surface area contributed by atoms with Crippen LogP contribution in [0.4, 0.5) is 0 Å². The molecule has 82 valence electrons. The van der Waals surface area contributed by atoms with Crippen molar-refractivity contribution in [3.63, 3.8) is 0 Å². The van der Waals surface area contributed by atoms with Crippen molar-refractivity contribution >= 4 is 0 Å². The average molecular weight is 197 g/mol. The van der Waals surface area contributed by atoms with Gasteiger partial charge in [0.15, 0.2) is 0 Å². The van der Waals surface area contributed by atoms with E-state index in [0.29, 0.717) is 6.10 Å². The summed E-state index contributed by atoms with van der Waals surface area (Å²) in [5, 5.41) is 0. The van der Waals surface area contributed by atoms with Gasteiger partial charge in [0.1, 0.15) is 0 Å². The van der Waals surface area contributed by atoms with E-state index < -0.39 is 0 Å². The first-order chi connectivity index (χ1) is 6.85. The predicted octanol–water partition coefficient (Wildman–Crippen LogP) is 2.61. The lowest BCUT2D eigenvalue weighted by atomic mass is 9.95. The molecule has 2 aliphatic carbocycles. The van der Waals surface area contributed by atoms with Crippen LogP contribution in [0.3, 0.4) is 0 Å². The largest absolute Gasteiger partial charge is 0.370 e. The minimum Gasteiger partial charge on any atom is -0.370 e. The molecular formula is C12H23NO. The second kappa shape index (κ2) is 4.63. The molecule has 0 unspecified atom stereocenters. The number of ether oxygens (including phenoxy) is 1. The predicted molar refractivity (Wildman–Crippen MR) is 58.2 cm³/mol. The summed E-state index contributed by atoms with van der Waals surface area (Å²) in [5.41, 5.74) is 5.93. The molecule has 2 heteroatoms. The molecule has 0 aromatic rings. The SMILES string of the molecule is NCC1(OC2CCCCC2)CCCC1. The fourth-order valence-corrected chi connectivity index (χ4v) is 2.93. The third kappa shape index (κ3) is 2.29. The lowest BCUT2D eigenvalue weighted by Crippen LogP contribution is -2.41. The van der Waals surface area contributed by atoms with Gasteiger partial charge in [0.2, 0.25) is 0 Å². The smallest absolute Gasteiger partial charge is 0.0807 e. The highest BCUT2D eigenvalue weighted by Crippen LogP contribution is 2.35. The first-order valence-corrected chi connectivity index (χ1v) is 6.23. The molecule has 0 bridgehead atoms. The Hall–Kier alpha value is -0.0800. The Balaban J connectivity index is 1.86. The third-order valence-corrected chi connectivity index (χ3v) is 3.86. The maximum Gasteiger partial charge on any atom is 0.0807 e. The first kappa shape index (κ1) is 10.4. The lowest BCUT2D eigenvalue weighted by molar-refractivity contribution is -0.0960. The average Bonchev–Trinajstić information content (AvgIpc) is 2.69. The van der Waals surface area contributed by atoms with Gasteiger partial charge >= 0.3 is 0 Å². The summed E-state index contributed by atoms with van der Waals surface area (Å²) < 4.78 is 6.26. The summed E-state index contributed by atoms with van der Waals surface area (Å²) in [6.07, 6.45) is 12.2. The molecular weight excluding hydrogens is 174 g/mol. The van der Waals surface area contributed by atoms with Crippen LogP contribution in [0.5, 0.6) is 0 Å². The van der Waals surface area contributed by atoms with Crippen molar-refractivity contribution in [1.82, 2.24) is 0 Å². The monoisotopic (exact) mass is 197 g/mol. The van der Waals surface area contributed by atoms with Crippen LogP contribution in [0.25, 0.3) is 0 Å². The minimum atomic E-state index is 0.0714. The van der Waals surface area contributed by atoms with Gasteiger partial charge in [-0.2, -0.15) is 0 Å². The molecule has 0 aromatic heterocycles. The van der Waals surface area contributed by atoms with Gasteiger partial charge in [0.05, 0.1) is 11.7 Å². The van der Waals surface area contributed by atoms with Crippen LogP contribution in [0.15, 0.2) is 0 Å². The molecule has 0 radical (unpaired) electrons. The molecule has 2 rings (SSSR count). The van der Waals surface area contributed by atoms with Gasteiger partial charge in [-0.1, -0.05) is 32.1 Å². The fraction of sp³-hybridized carbons (Fsp3) is 1.00. The zero-order chi connectivity index (χ0) is 9.86. The maximum absolute atomic E-state index is 6.26. The van der Waals surface area contributed by atoms with Crippen LogP contribution in [0.1, 0.15) is 57.8 Å². The second-order valence-electron chi connectivity index (χ2n) is 4.97. The zero-order valence-electron chi connectivity index (χ0n) is 9.13. The summed E-state index contributed by atoms with van der Waals surface area (Å²) >= 11 is 0. The second-order valence-corrected chi connectivity index (χ2v) is 4.97. The van der Waals surface area contributed by atoms with Crippen molar-refractivity contribution in [2.45, 2.75) is 69.5 Å². The van der Waals surface area contributed by atoms with Gasteiger partial charge in [0, 0.05) is 6.54 Å². The molecule has 0 saturated heterocycles. The highest BCUT2D eigenvalue weighted by molar-refractivity contribution is 4.89. The molecule has 0 heterocycles. The molecule has 2 saturated carbocycles. The van der Waals surface area contributed by atoms with Crippen LogP contribution in [-0.2, 0) is 4.74 Å². The van der Waals surface area contributed by atoms with E-state index in [2.05, 4.69) is 0 Å². The molecule has 0 amide bonds. The molecule has 0 spiro atoms. The van der Waals surface area contributed by atoms with E-state index in [1.807, 2.05) is 0 Å². The lowest BCUT2D eigenvalue weighted by Gasteiger charge is -2.34. The van der Waals surface area contributed by atoms with E-state index in [1.165, 1.54) is 57.8 Å². The van der Waals surface area contributed by atoms with E-state index in [0.717, 1.165) is 6.54 Å². The molecule has 2 N–H and O–H groups in total. The van der Waals surface area contributed by atoms with E-state index in [9.17, 15) is 0 Å². The fourth-order valence-electron chi connectivity index (χ4n) is 2.93. The van der Waals surface area contributed by atoms with Crippen molar-refractivity contribution < 1.29 is 4.74 Å². The van der Waals surface area contributed by atoms with E-state index in [-0.39, 0.29) is 5.60 Å². The van der Waals surface area contributed by atoms with Crippen LogP contribution in [-0.4, -0.2) is 18.2 Å². The standard InChI is InChI=1S/C12H23NO/c13-10-12(8-4-5-9-12)14-11-6-2-1-3-7-11/h11H,1-10,13H2. The van der Waals surface area contributed by atoms with Gasteiger partial charge in [-0.05, 0) is 25.7 Å². The maximum atomic E-state index is 6.26. The van der Waals surface area contributed by atoms with Gasteiger partial charge < -0.3 is 10.5 Å². The van der Waals surface area contributed by atoms with Crippen molar-refractivity contribution in [3.05, 3.63) is 0 Å². The Labute approximate surface area is 87.2 Å². The zero-order valence-corrected chi connectivity index (χ0v) is 9.13. The van der Waals surface area contributed by atoms with Gasteiger partial charge in [-0.15, -0.1) is 0 Å². The van der Waals surface area contributed by atoms with Crippen molar-refractivity contribution in [3.8, 4) is 0 Å². The Morgan fingerprint density at radius 1 is 1.00 bits per heavy atom. The number of hydrogen-bond acceptors (Lipinski definition) is 2. The van der Waals surface area contributed by atoms with Gasteiger partial charge in [-0.3, -0.25) is 0 Å². The number of nitrogens with two attached hydrogens (primary N) is 1. The Kier molecular flexibility index (Phi) is 3.45. The summed E-state index contributed by atoms with van der Waals surface area (Å²) in [6.45, 7) is 0.726. The molecule has 0 atom stereocenters. The quantitative estimate of drug-likeness (QED) is 0.754. The van der Waals surface area contributed by atoms with Crippen LogP contribution >= 0.6 is 0 Å². The summed E-state index contributed by atoms with van der Waals surface area (Å²) in [7, 11) is 0. The first-order valence-electron chi connectivity index (χ1n) is 6.23.